The predicted molar refractivity (Wildman–Crippen MR) is 102 cm³/mol. The monoisotopic (exact) mass is 371 g/mol. The normalized spacial score (nSPS) is 15.9. The highest BCUT2D eigenvalue weighted by molar-refractivity contribution is 5.93. The molecule has 1 fully saturated rings. The van der Waals surface area contributed by atoms with Crippen molar-refractivity contribution in [1.82, 2.24) is 20.0 Å². The van der Waals surface area contributed by atoms with Crippen LogP contribution in [0.1, 0.15) is 23.3 Å². The zero-order valence-corrected chi connectivity index (χ0v) is 15.9. The van der Waals surface area contributed by atoms with Gasteiger partial charge in [-0.05, 0) is 31.0 Å². The van der Waals surface area contributed by atoms with E-state index in [-0.39, 0.29) is 11.8 Å². The number of hydrogen-bond acceptors (Lipinski definition) is 5. The molecule has 1 aromatic carbocycles. The fourth-order valence-electron chi connectivity index (χ4n) is 3.41. The molecular formula is C19H25N5O3. The molecule has 0 aliphatic carbocycles. The fourth-order valence-corrected chi connectivity index (χ4v) is 3.41. The lowest BCUT2D eigenvalue weighted by Gasteiger charge is -2.41. The van der Waals surface area contributed by atoms with Crippen molar-refractivity contribution in [2.75, 3.05) is 32.6 Å². The van der Waals surface area contributed by atoms with Crippen LogP contribution in [0.5, 0.6) is 5.75 Å². The molecular weight excluding hydrogens is 346 g/mol. The summed E-state index contributed by atoms with van der Waals surface area (Å²) in [7, 11) is 5.01. The lowest BCUT2D eigenvalue weighted by molar-refractivity contribution is -0.126. The Labute approximate surface area is 158 Å². The minimum atomic E-state index is -0.776. The van der Waals surface area contributed by atoms with E-state index in [1.165, 1.54) is 0 Å². The zero-order valence-electron chi connectivity index (χ0n) is 15.9. The zero-order chi connectivity index (χ0) is 19.4. The van der Waals surface area contributed by atoms with Crippen molar-refractivity contribution in [1.29, 1.82) is 0 Å². The number of aromatic nitrogens is 2. The van der Waals surface area contributed by atoms with Crippen molar-refractivity contribution in [3.63, 3.8) is 0 Å². The first-order chi connectivity index (χ1) is 13.0. The molecule has 2 heterocycles. The second kappa shape index (κ2) is 7.69. The Morgan fingerprint density at radius 2 is 1.96 bits per heavy atom. The number of benzene rings is 1. The summed E-state index contributed by atoms with van der Waals surface area (Å²) in [5.74, 6) is 0.521. The number of methoxy groups -OCH3 is 1. The van der Waals surface area contributed by atoms with Gasteiger partial charge in [-0.2, -0.15) is 5.10 Å². The van der Waals surface area contributed by atoms with Gasteiger partial charge < -0.3 is 20.3 Å². The quantitative estimate of drug-likeness (QED) is 0.826. The van der Waals surface area contributed by atoms with Crippen LogP contribution in [0.25, 0.3) is 0 Å². The van der Waals surface area contributed by atoms with Gasteiger partial charge in [-0.3, -0.25) is 14.3 Å². The van der Waals surface area contributed by atoms with Crippen molar-refractivity contribution in [3.05, 3.63) is 42.2 Å². The molecule has 8 nitrogen and oxygen atoms in total. The summed E-state index contributed by atoms with van der Waals surface area (Å²) in [6.07, 6.45) is 2.75. The maximum Gasteiger partial charge on any atom is 0.274 e. The van der Waals surface area contributed by atoms with E-state index < -0.39 is 5.54 Å². The molecule has 0 bridgehead atoms. The SMILES string of the molecule is CNC(=O)C1(Nc2cccc(OC)c2)CCN(C(=O)c2ccn(C)n2)CC1. The van der Waals surface area contributed by atoms with Crippen LogP contribution >= 0.6 is 0 Å². The largest absolute Gasteiger partial charge is 0.497 e. The van der Waals surface area contributed by atoms with Gasteiger partial charge in [-0.1, -0.05) is 6.07 Å². The highest BCUT2D eigenvalue weighted by Crippen LogP contribution is 2.29. The minimum Gasteiger partial charge on any atom is -0.497 e. The Bertz CT molecular complexity index is 824. The Hall–Kier alpha value is -3.03. The van der Waals surface area contributed by atoms with Crippen molar-refractivity contribution in [3.8, 4) is 5.75 Å². The molecule has 3 rings (SSSR count). The van der Waals surface area contributed by atoms with Crippen molar-refractivity contribution in [2.24, 2.45) is 7.05 Å². The van der Waals surface area contributed by atoms with Gasteiger partial charge in [-0.25, -0.2) is 0 Å². The number of carbonyl (C=O) groups is 2. The number of piperidine rings is 1. The molecule has 1 aliphatic rings. The number of amides is 2. The lowest BCUT2D eigenvalue weighted by Crippen LogP contribution is -2.58. The average molecular weight is 371 g/mol. The molecule has 0 unspecified atom stereocenters. The highest BCUT2D eigenvalue weighted by atomic mass is 16.5. The van der Waals surface area contributed by atoms with E-state index in [0.717, 1.165) is 11.4 Å². The van der Waals surface area contributed by atoms with Gasteiger partial charge in [0.05, 0.1) is 7.11 Å². The lowest BCUT2D eigenvalue weighted by atomic mass is 9.85. The maximum absolute atomic E-state index is 12.7. The second-order valence-corrected chi connectivity index (χ2v) is 6.69. The summed E-state index contributed by atoms with van der Waals surface area (Å²) in [4.78, 5) is 27.0. The van der Waals surface area contributed by atoms with Gasteiger partial charge >= 0.3 is 0 Å². The van der Waals surface area contributed by atoms with Crippen molar-refractivity contribution >= 4 is 17.5 Å². The first kappa shape index (κ1) is 18.8. The number of ether oxygens (including phenoxy) is 1. The molecule has 0 radical (unpaired) electrons. The summed E-state index contributed by atoms with van der Waals surface area (Å²) < 4.78 is 6.87. The van der Waals surface area contributed by atoms with Crippen LogP contribution < -0.4 is 15.4 Å². The number of hydrogen-bond donors (Lipinski definition) is 2. The van der Waals surface area contributed by atoms with Gasteiger partial charge in [-0.15, -0.1) is 0 Å². The third kappa shape index (κ3) is 3.89. The number of nitrogens with one attached hydrogen (secondary N) is 2. The number of aryl methyl sites for hydroxylation is 1. The van der Waals surface area contributed by atoms with Crippen LogP contribution in [-0.4, -0.2) is 59.3 Å². The van der Waals surface area contributed by atoms with E-state index in [2.05, 4.69) is 15.7 Å². The van der Waals surface area contributed by atoms with Crippen LogP contribution in [-0.2, 0) is 11.8 Å². The van der Waals surface area contributed by atoms with Crippen LogP contribution in [0.15, 0.2) is 36.5 Å². The maximum atomic E-state index is 12.7. The van der Waals surface area contributed by atoms with Crippen LogP contribution in [0, 0.1) is 0 Å². The molecule has 2 aromatic rings. The number of nitrogens with zero attached hydrogens (tertiary/aromatic N) is 3. The Kier molecular flexibility index (Phi) is 5.34. The molecule has 1 saturated heterocycles. The van der Waals surface area contributed by atoms with E-state index in [1.54, 1.807) is 43.1 Å². The van der Waals surface area contributed by atoms with Gasteiger partial charge in [0.25, 0.3) is 5.91 Å². The third-order valence-electron chi connectivity index (χ3n) is 4.95. The topological polar surface area (TPSA) is 88.5 Å². The minimum absolute atomic E-state index is 0.0877. The van der Waals surface area contributed by atoms with Crippen LogP contribution in [0.3, 0.4) is 0 Å². The molecule has 2 amide bonds. The third-order valence-corrected chi connectivity index (χ3v) is 4.95. The van der Waals surface area contributed by atoms with E-state index in [0.29, 0.717) is 31.6 Å². The summed E-state index contributed by atoms with van der Waals surface area (Å²) >= 11 is 0. The van der Waals surface area contributed by atoms with Crippen LogP contribution in [0.4, 0.5) is 5.69 Å². The van der Waals surface area contributed by atoms with Crippen molar-refractivity contribution < 1.29 is 14.3 Å². The summed E-state index contributed by atoms with van der Waals surface area (Å²) in [6.45, 7) is 0.944. The first-order valence-corrected chi connectivity index (χ1v) is 8.91. The number of carbonyl (C=O) groups excluding carboxylic acids is 2. The van der Waals surface area contributed by atoms with E-state index in [9.17, 15) is 9.59 Å². The molecule has 144 valence electrons. The molecule has 1 aliphatic heterocycles. The molecule has 27 heavy (non-hydrogen) atoms. The van der Waals surface area contributed by atoms with Crippen molar-refractivity contribution in [2.45, 2.75) is 18.4 Å². The fraction of sp³-hybridized carbons (Fsp3) is 0.421. The van der Waals surface area contributed by atoms with E-state index in [1.807, 2.05) is 24.3 Å². The Morgan fingerprint density at radius 1 is 1.22 bits per heavy atom. The average Bonchev–Trinajstić information content (AvgIpc) is 3.13. The summed E-state index contributed by atoms with van der Waals surface area (Å²) in [6, 6.07) is 9.19. The van der Waals surface area contributed by atoms with Gasteiger partial charge in [0.1, 0.15) is 17.0 Å². The molecule has 1 aromatic heterocycles. The molecule has 0 saturated carbocycles. The number of likely N-dealkylation sites (tertiary alicyclic amines) is 1. The standard InChI is InChI=1S/C19H25N5O3/c1-20-18(26)19(21-14-5-4-6-15(13-14)27-3)8-11-24(12-9-19)17(25)16-7-10-23(2)22-16/h4-7,10,13,21H,8-9,11-12H2,1-3H3,(H,20,26). The van der Waals surface area contributed by atoms with Gasteiger partial charge in [0.2, 0.25) is 5.91 Å². The molecule has 8 heteroatoms. The first-order valence-electron chi connectivity index (χ1n) is 8.91. The van der Waals surface area contributed by atoms with Gasteiger partial charge in [0, 0.05) is 45.1 Å². The number of rotatable bonds is 5. The smallest absolute Gasteiger partial charge is 0.274 e. The van der Waals surface area contributed by atoms with E-state index in [4.69, 9.17) is 4.74 Å². The van der Waals surface area contributed by atoms with Crippen LogP contribution in [0.2, 0.25) is 0 Å². The van der Waals surface area contributed by atoms with Gasteiger partial charge in [0.15, 0.2) is 0 Å². The summed E-state index contributed by atoms with van der Waals surface area (Å²) in [5.41, 5.74) is 0.454. The summed E-state index contributed by atoms with van der Waals surface area (Å²) in [5, 5.41) is 10.3. The predicted octanol–water partition coefficient (Wildman–Crippen LogP) is 1.26. The second-order valence-electron chi connectivity index (χ2n) is 6.69. The van der Waals surface area contributed by atoms with E-state index >= 15 is 0 Å². The highest BCUT2D eigenvalue weighted by Gasteiger charge is 2.42. The molecule has 2 N–H and O–H groups in total. The number of anilines is 1. The number of likely N-dealkylation sites (N-methyl/N-ethyl adjacent to an activating group) is 1. The Balaban J connectivity index is 1.75. The Morgan fingerprint density at radius 3 is 2.56 bits per heavy atom. The molecule has 0 atom stereocenters. The molecule has 0 spiro atoms.